The molecule has 0 spiro atoms. The zero-order valence-corrected chi connectivity index (χ0v) is 15.3. The van der Waals surface area contributed by atoms with E-state index in [-0.39, 0.29) is 18.1 Å². The average Bonchev–Trinajstić information content (AvgIpc) is 3.38. The number of allylic oxidation sites excluding steroid dienone is 1. The summed E-state index contributed by atoms with van der Waals surface area (Å²) in [6.45, 7) is 0.336. The van der Waals surface area contributed by atoms with Crippen LogP contribution in [-0.4, -0.2) is 26.2 Å². The molecule has 0 saturated heterocycles. The Balaban J connectivity index is 1.48. The van der Waals surface area contributed by atoms with Crippen LogP contribution in [0.3, 0.4) is 0 Å². The van der Waals surface area contributed by atoms with Crippen LogP contribution >= 0.6 is 0 Å². The van der Waals surface area contributed by atoms with Gasteiger partial charge >= 0.3 is 0 Å². The summed E-state index contributed by atoms with van der Waals surface area (Å²) in [6.07, 6.45) is 8.13. The summed E-state index contributed by atoms with van der Waals surface area (Å²) < 4.78 is 1.80. The number of imidazole rings is 1. The number of hydrogen-bond acceptors (Lipinski definition) is 4. The minimum absolute atomic E-state index is 0.0643. The van der Waals surface area contributed by atoms with Crippen molar-refractivity contribution in [3.63, 3.8) is 0 Å². The van der Waals surface area contributed by atoms with Gasteiger partial charge in [-0.1, -0.05) is 36.4 Å². The summed E-state index contributed by atoms with van der Waals surface area (Å²) in [7, 11) is 0. The third-order valence-corrected chi connectivity index (χ3v) is 4.86. The lowest BCUT2D eigenvalue weighted by Gasteiger charge is -2.11. The standard InChI is InChI=1S/C22H20N4O2/c27-20-9-8-18(16-5-2-1-3-6-16)19(20)13-21(28)25-14-17-7-4-10-24-22(17)26-12-11-23-15-26/h1-7,10-12,15H,8-9,13-14H2,(H,25,28). The summed E-state index contributed by atoms with van der Waals surface area (Å²) in [5, 5.41) is 2.92. The van der Waals surface area contributed by atoms with Gasteiger partial charge in [-0.15, -0.1) is 0 Å². The van der Waals surface area contributed by atoms with Gasteiger partial charge < -0.3 is 5.32 Å². The number of ketones is 1. The van der Waals surface area contributed by atoms with Gasteiger partial charge in [0.1, 0.15) is 12.1 Å². The molecule has 0 bridgehead atoms. The van der Waals surface area contributed by atoms with Crippen LogP contribution in [0.15, 0.2) is 73.0 Å². The highest BCUT2D eigenvalue weighted by Crippen LogP contribution is 2.33. The van der Waals surface area contributed by atoms with Crippen molar-refractivity contribution in [1.29, 1.82) is 0 Å². The van der Waals surface area contributed by atoms with Gasteiger partial charge in [0, 0.05) is 42.7 Å². The first-order valence-electron chi connectivity index (χ1n) is 9.22. The van der Waals surface area contributed by atoms with Crippen molar-refractivity contribution in [2.45, 2.75) is 25.8 Å². The molecule has 0 unspecified atom stereocenters. The number of aromatic nitrogens is 3. The lowest BCUT2D eigenvalue weighted by Crippen LogP contribution is -2.24. The van der Waals surface area contributed by atoms with Gasteiger partial charge in [0.25, 0.3) is 0 Å². The second kappa shape index (κ2) is 8.00. The van der Waals surface area contributed by atoms with E-state index >= 15 is 0 Å². The SMILES string of the molecule is O=C(CC1=C(c2ccccc2)CCC1=O)NCc1cccnc1-n1ccnc1. The van der Waals surface area contributed by atoms with Crippen molar-refractivity contribution in [3.05, 3.63) is 84.1 Å². The molecule has 28 heavy (non-hydrogen) atoms. The van der Waals surface area contributed by atoms with Crippen LogP contribution in [0.4, 0.5) is 0 Å². The second-order valence-electron chi connectivity index (χ2n) is 6.66. The highest BCUT2D eigenvalue weighted by Gasteiger charge is 2.25. The number of carbonyl (C=O) groups excluding carboxylic acids is 2. The number of carbonyl (C=O) groups is 2. The predicted molar refractivity (Wildman–Crippen MR) is 105 cm³/mol. The Bertz CT molecular complexity index is 1020. The number of Topliss-reactive ketones (excluding diaryl/α,β-unsaturated/α-hetero) is 1. The molecule has 1 aromatic carbocycles. The third-order valence-electron chi connectivity index (χ3n) is 4.86. The van der Waals surface area contributed by atoms with Gasteiger partial charge in [-0.25, -0.2) is 9.97 Å². The van der Waals surface area contributed by atoms with Gasteiger partial charge in [0.15, 0.2) is 5.78 Å². The van der Waals surface area contributed by atoms with Crippen LogP contribution in [0.25, 0.3) is 11.4 Å². The normalized spacial score (nSPS) is 13.8. The highest BCUT2D eigenvalue weighted by atomic mass is 16.2. The molecular formula is C22H20N4O2. The largest absolute Gasteiger partial charge is 0.352 e. The fourth-order valence-electron chi connectivity index (χ4n) is 3.47. The molecule has 140 valence electrons. The Morgan fingerprint density at radius 1 is 1.07 bits per heavy atom. The van der Waals surface area contributed by atoms with Gasteiger partial charge in [-0.05, 0) is 23.6 Å². The minimum Gasteiger partial charge on any atom is -0.352 e. The zero-order chi connectivity index (χ0) is 19.3. The number of amides is 1. The molecule has 1 aliphatic rings. The Labute approximate surface area is 163 Å². The Morgan fingerprint density at radius 2 is 1.93 bits per heavy atom. The van der Waals surface area contributed by atoms with Crippen LogP contribution in [0.1, 0.15) is 30.4 Å². The van der Waals surface area contributed by atoms with Crippen LogP contribution in [0, 0.1) is 0 Å². The molecule has 1 aliphatic carbocycles. The van der Waals surface area contributed by atoms with E-state index in [0.717, 1.165) is 22.5 Å². The summed E-state index contributed by atoms with van der Waals surface area (Å²) in [5.41, 5.74) is 3.51. The monoisotopic (exact) mass is 372 g/mol. The Hall–Kier alpha value is -3.54. The van der Waals surface area contributed by atoms with Crippen LogP contribution in [0.5, 0.6) is 0 Å². The first-order chi connectivity index (χ1) is 13.7. The number of nitrogens with zero attached hydrogens (tertiary/aromatic N) is 3. The van der Waals surface area contributed by atoms with E-state index in [1.54, 1.807) is 23.3 Å². The minimum atomic E-state index is -0.167. The maximum Gasteiger partial charge on any atom is 0.224 e. The lowest BCUT2D eigenvalue weighted by molar-refractivity contribution is -0.122. The van der Waals surface area contributed by atoms with E-state index in [9.17, 15) is 9.59 Å². The van der Waals surface area contributed by atoms with Crippen molar-refractivity contribution in [3.8, 4) is 5.82 Å². The van der Waals surface area contributed by atoms with Crippen LogP contribution in [0.2, 0.25) is 0 Å². The molecule has 0 aliphatic heterocycles. The second-order valence-corrected chi connectivity index (χ2v) is 6.66. The first kappa shape index (κ1) is 17.9. The fourth-order valence-corrected chi connectivity index (χ4v) is 3.47. The van der Waals surface area contributed by atoms with Crippen molar-refractivity contribution in [1.82, 2.24) is 19.9 Å². The summed E-state index contributed by atoms with van der Waals surface area (Å²) in [5.74, 6) is 0.620. The molecule has 1 amide bonds. The quantitative estimate of drug-likeness (QED) is 0.721. The number of nitrogens with one attached hydrogen (secondary N) is 1. The third kappa shape index (κ3) is 3.76. The van der Waals surface area contributed by atoms with Gasteiger partial charge in [0.2, 0.25) is 5.91 Å². The van der Waals surface area contributed by atoms with E-state index in [1.807, 2.05) is 48.7 Å². The average molecular weight is 372 g/mol. The Kier molecular flexibility index (Phi) is 5.10. The molecule has 1 N–H and O–H groups in total. The number of pyridine rings is 1. The van der Waals surface area contributed by atoms with E-state index in [1.165, 1.54) is 0 Å². The van der Waals surface area contributed by atoms with Crippen molar-refractivity contribution < 1.29 is 9.59 Å². The van der Waals surface area contributed by atoms with Crippen molar-refractivity contribution in [2.24, 2.45) is 0 Å². The van der Waals surface area contributed by atoms with Gasteiger partial charge in [-0.3, -0.25) is 14.2 Å². The van der Waals surface area contributed by atoms with E-state index < -0.39 is 0 Å². The summed E-state index contributed by atoms with van der Waals surface area (Å²) in [6, 6.07) is 13.6. The number of rotatable bonds is 6. The van der Waals surface area contributed by atoms with E-state index in [0.29, 0.717) is 25.0 Å². The summed E-state index contributed by atoms with van der Waals surface area (Å²) in [4.78, 5) is 33.3. The fraction of sp³-hybridized carbons (Fsp3) is 0.182. The molecule has 4 rings (SSSR count). The van der Waals surface area contributed by atoms with Gasteiger partial charge in [0.05, 0.1) is 6.42 Å². The smallest absolute Gasteiger partial charge is 0.224 e. The molecule has 0 atom stereocenters. The molecule has 2 aromatic heterocycles. The molecule has 2 heterocycles. The highest BCUT2D eigenvalue weighted by molar-refractivity contribution is 6.10. The van der Waals surface area contributed by atoms with Crippen LogP contribution in [-0.2, 0) is 16.1 Å². The maximum absolute atomic E-state index is 12.6. The van der Waals surface area contributed by atoms with Crippen molar-refractivity contribution >= 4 is 17.3 Å². The van der Waals surface area contributed by atoms with Crippen molar-refractivity contribution in [2.75, 3.05) is 0 Å². The van der Waals surface area contributed by atoms with E-state index in [2.05, 4.69) is 15.3 Å². The molecule has 0 radical (unpaired) electrons. The molecule has 0 saturated carbocycles. The molecule has 6 heteroatoms. The van der Waals surface area contributed by atoms with E-state index in [4.69, 9.17) is 0 Å². The summed E-state index contributed by atoms with van der Waals surface area (Å²) >= 11 is 0. The lowest BCUT2D eigenvalue weighted by atomic mass is 10.00. The van der Waals surface area contributed by atoms with Gasteiger partial charge in [-0.2, -0.15) is 0 Å². The molecule has 0 fully saturated rings. The molecule has 6 nitrogen and oxygen atoms in total. The maximum atomic E-state index is 12.6. The Morgan fingerprint density at radius 3 is 2.71 bits per heavy atom. The predicted octanol–water partition coefficient (Wildman–Crippen LogP) is 3.09. The number of benzene rings is 1. The first-order valence-corrected chi connectivity index (χ1v) is 9.22. The molecular weight excluding hydrogens is 352 g/mol. The zero-order valence-electron chi connectivity index (χ0n) is 15.3. The number of hydrogen-bond donors (Lipinski definition) is 1. The van der Waals surface area contributed by atoms with Crippen LogP contribution < -0.4 is 5.32 Å². The topological polar surface area (TPSA) is 76.9 Å². The molecule has 3 aromatic rings.